The van der Waals surface area contributed by atoms with Gasteiger partial charge in [0.05, 0.1) is 25.5 Å². The number of nitrogens with zero attached hydrogens (tertiary/aromatic N) is 2. The summed E-state index contributed by atoms with van der Waals surface area (Å²) >= 11 is 0. The van der Waals surface area contributed by atoms with Crippen molar-refractivity contribution in [2.75, 3.05) is 45.1 Å². The average Bonchev–Trinajstić information content (AvgIpc) is 2.38. The molecule has 0 saturated carbocycles. The summed E-state index contributed by atoms with van der Waals surface area (Å²) in [4.78, 5) is 4.34. The SMILES string of the molecule is CCNC(=NCCS(=O)(=O)N1CCOCC1)NC(C)(C)C.I. The first-order valence-electron chi connectivity index (χ1n) is 7.36. The lowest BCUT2D eigenvalue weighted by molar-refractivity contribution is 0.0731. The van der Waals surface area contributed by atoms with Gasteiger partial charge in [0.2, 0.25) is 10.0 Å². The molecule has 1 heterocycles. The van der Waals surface area contributed by atoms with E-state index in [1.165, 1.54) is 4.31 Å². The number of guanidine groups is 1. The third kappa shape index (κ3) is 8.49. The Morgan fingerprint density at radius 2 is 1.86 bits per heavy atom. The van der Waals surface area contributed by atoms with Crippen molar-refractivity contribution in [1.82, 2.24) is 14.9 Å². The lowest BCUT2D eigenvalue weighted by Crippen LogP contribution is -2.48. The van der Waals surface area contributed by atoms with Crippen molar-refractivity contribution in [1.29, 1.82) is 0 Å². The Balaban J connectivity index is 0.00000441. The van der Waals surface area contributed by atoms with Crippen molar-refractivity contribution < 1.29 is 13.2 Å². The molecule has 22 heavy (non-hydrogen) atoms. The van der Waals surface area contributed by atoms with Crippen LogP contribution in [0, 0.1) is 0 Å². The summed E-state index contributed by atoms with van der Waals surface area (Å²) in [5.74, 6) is 0.662. The zero-order valence-electron chi connectivity index (χ0n) is 13.9. The van der Waals surface area contributed by atoms with E-state index < -0.39 is 10.0 Å². The maximum Gasteiger partial charge on any atom is 0.216 e. The Kier molecular flexibility index (Phi) is 9.83. The van der Waals surface area contributed by atoms with Gasteiger partial charge in [-0.1, -0.05) is 0 Å². The highest BCUT2D eigenvalue weighted by Gasteiger charge is 2.23. The van der Waals surface area contributed by atoms with E-state index in [9.17, 15) is 8.42 Å². The Morgan fingerprint density at radius 1 is 1.27 bits per heavy atom. The number of hydrogen-bond acceptors (Lipinski definition) is 4. The van der Waals surface area contributed by atoms with Crippen molar-refractivity contribution in [3.8, 4) is 0 Å². The first-order valence-corrected chi connectivity index (χ1v) is 8.97. The van der Waals surface area contributed by atoms with E-state index >= 15 is 0 Å². The number of aliphatic imine (C=N–C) groups is 1. The molecule has 0 aromatic carbocycles. The minimum Gasteiger partial charge on any atom is -0.379 e. The summed E-state index contributed by atoms with van der Waals surface area (Å²) in [5, 5.41) is 6.35. The molecule has 1 aliphatic heterocycles. The molecule has 9 heteroatoms. The highest BCUT2D eigenvalue weighted by atomic mass is 127. The van der Waals surface area contributed by atoms with E-state index in [2.05, 4.69) is 15.6 Å². The summed E-state index contributed by atoms with van der Waals surface area (Å²) in [7, 11) is -3.25. The van der Waals surface area contributed by atoms with Gasteiger partial charge in [0, 0.05) is 25.2 Å². The van der Waals surface area contributed by atoms with Crippen LogP contribution in [0.2, 0.25) is 0 Å². The molecule has 132 valence electrons. The number of rotatable bonds is 5. The van der Waals surface area contributed by atoms with E-state index in [0.717, 1.165) is 6.54 Å². The molecule has 0 aromatic heterocycles. The molecular weight excluding hydrogens is 419 g/mol. The molecule has 1 rings (SSSR count). The highest BCUT2D eigenvalue weighted by molar-refractivity contribution is 14.0. The van der Waals surface area contributed by atoms with Crippen LogP contribution in [0.3, 0.4) is 0 Å². The summed E-state index contributed by atoms with van der Waals surface area (Å²) < 4.78 is 31.0. The van der Waals surface area contributed by atoms with Gasteiger partial charge in [-0.05, 0) is 27.7 Å². The molecule has 2 N–H and O–H groups in total. The monoisotopic (exact) mass is 448 g/mol. The topological polar surface area (TPSA) is 83.0 Å². The maximum atomic E-state index is 12.2. The molecular formula is C13H29IN4O3S. The number of nitrogens with one attached hydrogen (secondary N) is 2. The minimum atomic E-state index is -3.25. The maximum absolute atomic E-state index is 12.2. The number of ether oxygens (including phenoxy) is 1. The molecule has 0 bridgehead atoms. The van der Waals surface area contributed by atoms with E-state index in [-0.39, 0.29) is 41.8 Å². The number of morpholine rings is 1. The van der Waals surface area contributed by atoms with Gasteiger partial charge < -0.3 is 15.4 Å². The Morgan fingerprint density at radius 3 is 2.36 bits per heavy atom. The number of hydrogen-bond donors (Lipinski definition) is 2. The molecule has 0 radical (unpaired) electrons. The van der Waals surface area contributed by atoms with Crippen molar-refractivity contribution in [2.45, 2.75) is 33.2 Å². The fraction of sp³-hybridized carbons (Fsp3) is 0.923. The normalized spacial score (nSPS) is 17.7. The second-order valence-corrected chi connectivity index (χ2v) is 8.05. The van der Waals surface area contributed by atoms with Crippen LogP contribution in [-0.4, -0.2) is 69.4 Å². The van der Waals surface area contributed by atoms with Crippen LogP contribution < -0.4 is 10.6 Å². The third-order valence-corrected chi connectivity index (χ3v) is 4.67. The zero-order chi connectivity index (χ0) is 15.9. The van der Waals surface area contributed by atoms with E-state index in [1.54, 1.807) is 0 Å². The molecule has 7 nitrogen and oxygen atoms in total. The fourth-order valence-corrected chi connectivity index (χ4v) is 3.17. The first-order chi connectivity index (χ1) is 9.74. The molecule has 0 aromatic rings. The molecule has 1 aliphatic rings. The van der Waals surface area contributed by atoms with Gasteiger partial charge in [0.15, 0.2) is 5.96 Å². The van der Waals surface area contributed by atoms with Crippen molar-refractivity contribution in [3.05, 3.63) is 0 Å². The van der Waals surface area contributed by atoms with Crippen molar-refractivity contribution >= 4 is 40.0 Å². The van der Waals surface area contributed by atoms with Gasteiger partial charge in [0.1, 0.15) is 0 Å². The predicted octanol–water partition coefficient (Wildman–Crippen LogP) is 0.620. The van der Waals surface area contributed by atoms with Crippen LogP contribution in [0.25, 0.3) is 0 Å². The second kappa shape index (κ2) is 9.89. The average molecular weight is 448 g/mol. The largest absolute Gasteiger partial charge is 0.379 e. The summed E-state index contributed by atoms with van der Waals surface area (Å²) in [5.41, 5.74) is -0.121. The molecule has 0 unspecified atom stereocenters. The predicted molar refractivity (Wildman–Crippen MR) is 100 cm³/mol. The standard InChI is InChI=1S/C13H28N4O3S.HI/c1-5-14-12(16-13(2,3)4)15-6-11-21(18,19)17-7-9-20-10-8-17;/h5-11H2,1-4H3,(H2,14,15,16);1H. The highest BCUT2D eigenvalue weighted by Crippen LogP contribution is 2.05. The van der Waals surface area contributed by atoms with Gasteiger partial charge in [-0.3, -0.25) is 4.99 Å². The second-order valence-electron chi connectivity index (χ2n) is 5.96. The smallest absolute Gasteiger partial charge is 0.216 e. The zero-order valence-corrected chi connectivity index (χ0v) is 17.0. The van der Waals surface area contributed by atoms with Gasteiger partial charge in [-0.15, -0.1) is 24.0 Å². The molecule has 0 spiro atoms. The van der Waals surface area contributed by atoms with Crippen LogP contribution in [-0.2, 0) is 14.8 Å². The lowest BCUT2D eigenvalue weighted by atomic mass is 10.1. The quantitative estimate of drug-likeness (QED) is 0.366. The fourth-order valence-electron chi connectivity index (χ4n) is 1.89. The van der Waals surface area contributed by atoms with Gasteiger partial charge >= 0.3 is 0 Å². The molecule has 0 aliphatic carbocycles. The minimum absolute atomic E-state index is 0. The van der Waals surface area contributed by atoms with E-state index in [1.807, 2.05) is 27.7 Å². The van der Waals surface area contributed by atoms with Crippen LogP contribution in [0.15, 0.2) is 4.99 Å². The number of halogens is 1. The van der Waals surface area contributed by atoms with Crippen LogP contribution in [0.4, 0.5) is 0 Å². The molecule has 1 saturated heterocycles. The van der Waals surface area contributed by atoms with Crippen LogP contribution in [0.1, 0.15) is 27.7 Å². The van der Waals surface area contributed by atoms with Gasteiger partial charge in [-0.25, -0.2) is 8.42 Å². The third-order valence-electron chi connectivity index (χ3n) is 2.82. The first kappa shape index (κ1) is 21.9. The summed E-state index contributed by atoms with van der Waals surface area (Å²) in [6.07, 6.45) is 0. The Labute approximate surface area is 151 Å². The Hall–Kier alpha value is -0.130. The van der Waals surface area contributed by atoms with E-state index in [4.69, 9.17) is 4.74 Å². The molecule has 0 amide bonds. The lowest BCUT2D eigenvalue weighted by Gasteiger charge is -2.26. The summed E-state index contributed by atoms with van der Waals surface area (Å²) in [6.45, 7) is 10.9. The van der Waals surface area contributed by atoms with Crippen LogP contribution in [0.5, 0.6) is 0 Å². The van der Waals surface area contributed by atoms with E-state index in [0.29, 0.717) is 32.3 Å². The van der Waals surface area contributed by atoms with Crippen molar-refractivity contribution in [2.24, 2.45) is 4.99 Å². The molecule has 1 fully saturated rings. The Bertz CT molecular complexity index is 443. The van der Waals surface area contributed by atoms with Crippen molar-refractivity contribution in [3.63, 3.8) is 0 Å². The van der Waals surface area contributed by atoms with Gasteiger partial charge in [0.25, 0.3) is 0 Å². The van der Waals surface area contributed by atoms with Crippen LogP contribution >= 0.6 is 24.0 Å². The summed E-state index contributed by atoms with van der Waals surface area (Å²) in [6, 6.07) is 0. The number of sulfonamides is 1. The van der Waals surface area contributed by atoms with Gasteiger partial charge in [-0.2, -0.15) is 4.31 Å². The molecule has 0 atom stereocenters.